The Morgan fingerprint density at radius 3 is 1.33 bits per heavy atom. The molecule has 13 N–H and O–H groups in total. The van der Waals surface area contributed by atoms with E-state index < -0.39 is 66.8 Å². The van der Waals surface area contributed by atoms with Crippen molar-refractivity contribution in [2.45, 2.75) is 36.9 Å². The summed E-state index contributed by atoms with van der Waals surface area (Å²) in [6, 6.07) is 28.1. The van der Waals surface area contributed by atoms with E-state index in [1.54, 1.807) is 30.3 Å². The van der Waals surface area contributed by atoms with Crippen molar-refractivity contribution >= 4 is 66.7 Å². The first kappa shape index (κ1) is 61.2. The molecule has 0 spiro atoms. The smallest absolute Gasteiger partial charge is 0.331 e. The number of carboxylic acid groups (broad SMARTS) is 4. The molecule has 0 heterocycles. The van der Waals surface area contributed by atoms with Crippen LogP contribution in [0.3, 0.4) is 0 Å². The number of benzene rings is 5. The Balaban J connectivity index is 0.000000335. The minimum absolute atomic E-state index is 0.000496. The first-order valence-electron chi connectivity index (χ1n) is 21.4. The fourth-order valence-electron chi connectivity index (χ4n) is 5.77. The number of aliphatic hydroxyl groups excluding tert-OH is 2. The first-order valence-corrected chi connectivity index (χ1v) is 21.4. The van der Waals surface area contributed by atoms with Crippen molar-refractivity contribution in [3.05, 3.63) is 167 Å². The van der Waals surface area contributed by atoms with Gasteiger partial charge in [0.15, 0.2) is 34.5 Å². The molecule has 1 saturated carbocycles. The molecule has 75 heavy (non-hydrogen) atoms. The summed E-state index contributed by atoms with van der Waals surface area (Å²) < 4.78 is 14.3. The fourth-order valence-corrected chi connectivity index (χ4v) is 5.77. The average molecular weight is 1040 g/mol. The second-order valence-electron chi connectivity index (χ2n) is 15.1. The Morgan fingerprint density at radius 1 is 0.507 bits per heavy atom. The summed E-state index contributed by atoms with van der Waals surface area (Å²) in [5, 5.41) is 118. The lowest BCUT2D eigenvalue weighted by Crippen LogP contribution is -2.54. The van der Waals surface area contributed by atoms with E-state index in [-0.39, 0.29) is 41.0 Å². The third-order valence-corrected chi connectivity index (χ3v) is 9.34. The third-order valence-electron chi connectivity index (χ3n) is 9.34. The number of ether oxygens (including phenoxy) is 3. The Morgan fingerprint density at radius 2 is 0.907 bits per heavy atom. The van der Waals surface area contributed by atoms with E-state index in [0.29, 0.717) is 22.4 Å². The number of hydrogen-bond acceptors (Lipinski definition) is 18. The molecule has 0 aliphatic heterocycles. The molecule has 5 aromatic rings. The Bertz CT molecular complexity index is 2830. The summed E-state index contributed by atoms with van der Waals surface area (Å²) in [5.74, 6) is -7.58. The number of carbonyl (C=O) groups excluding carboxylic acids is 2. The summed E-state index contributed by atoms with van der Waals surface area (Å²) in [7, 11) is 1.43. The number of aliphatic hydroxyl groups is 3. The molecule has 22 nitrogen and oxygen atoms in total. The molecular formula is C53H52O22. The van der Waals surface area contributed by atoms with Gasteiger partial charge in [-0.25, -0.2) is 24.0 Å². The molecule has 0 amide bonds. The maximum absolute atomic E-state index is 11.9. The van der Waals surface area contributed by atoms with Crippen molar-refractivity contribution in [1.82, 2.24) is 0 Å². The van der Waals surface area contributed by atoms with Crippen LogP contribution in [0.1, 0.15) is 40.7 Å². The Kier molecular flexibility index (Phi) is 25.7. The largest absolute Gasteiger partial charge is 0.508 e. The fraction of sp³-hybridized carbons (Fsp3) is 0.132. The highest BCUT2D eigenvalue weighted by Gasteiger charge is 2.47. The Hall–Kier alpha value is -9.90. The van der Waals surface area contributed by atoms with E-state index >= 15 is 0 Å². The minimum Gasteiger partial charge on any atom is -0.508 e. The van der Waals surface area contributed by atoms with Crippen LogP contribution in [-0.4, -0.2) is 134 Å². The highest BCUT2D eigenvalue weighted by molar-refractivity contribution is 5.88. The van der Waals surface area contributed by atoms with Crippen LogP contribution in [0, 0.1) is 0 Å². The van der Waals surface area contributed by atoms with E-state index in [1.807, 2.05) is 30.3 Å². The van der Waals surface area contributed by atoms with Crippen LogP contribution < -0.4 is 4.74 Å². The zero-order chi connectivity index (χ0) is 56.1. The van der Waals surface area contributed by atoms with Crippen LogP contribution in [0.2, 0.25) is 0 Å². The van der Waals surface area contributed by atoms with Crippen molar-refractivity contribution in [1.29, 1.82) is 0 Å². The quantitative estimate of drug-likeness (QED) is 0.0218. The van der Waals surface area contributed by atoms with Gasteiger partial charge in [-0.05, 0) is 107 Å². The summed E-state index contributed by atoms with van der Waals surface area (Å²) >= 11 is 0. The summed E-state index contributed by atoms with van der Waals surface area (Å²) in [4.78, 5) is 62.8. The van der Waals surface area contributed by atoms with Crippen LogP contribution in [0.5, 0.6) is 40.2 Å². The number of esters is 1. The van der Waals surface area contributed by atoms with Crippen molar-refractivity contribution < 1.29 is 109 Å². The van der Waals surface area contributed by atoms with Gasteiger partial charge < -0.3 is 80.6 Å². The van der Waals surface area contributed by atoms with E-state index in [2.05, 4.69) is 4.74 Å². The van der Waals surface area contributed by atoms with Gasteiger partial charge >= 0.3 is 29.8 Å². The van der Waals surface area contributed by atoms with Crippen LogP contribution in [-0.2, 0) is 38.2 Å². The lowest BCUT2D eigenvalue weighted by molar-refractivity contribution is -0.254. The molecule has 4 atom stereocenters. The molecule has 0 aromatic heterocycles. The van der Waals surface area contributed by atoms with Crippen molar-refractivity contribution in [3.63, 3.8) is 0 Å². The highest BCUT2D eigenvalue weighted by Crippen LogP contribution is 2.32. The summed E-state index contributed by atoms with van der Waals surface area (Å²) in [6.07, 6.45) is 7.18. The number of carbonyl (C=O) groups is 6. The zero-order valence-electron chi connectivity index (χ0n) is 39.4. The van der Waals surface area contributed by atoms with Crippen LogP contribution in [0.4, 0.5) is 0 Å². The monoisotopic (exact) mass is 1040 g/mol. The molecule has 22 heteroatoms. The van der Waals surface area contributed by atoms with Crippen molar-refractivity contribution in [2.75, 3.05) is 7.11 Å². The minimum atomic E-state index is -2.04. The average Bonchev–Trinajstić information content (AvgIpc) is 3.36. The predicted octanol–water partition coefficient (Wildman–Crippen LogP) is 5.37. The number of aromatic hydroxyl groups is 6. The van der Waals surface area contributed by atoms with Crippen molar-refractivity contribution in [2.24, 2.45) is 0 Å². The second kappa shape index (κ2) is 31.4. The Labute approximate surface area is 426 Å². The molecule has 396 valence electrons. The number of phenols is 6. The molecular weight excluding hydrogens is 989 g/mol. The summed E-state index contributed by atoms with van der Waals surface area (Å²) in [5.41, 5.74) is 3.21. The van der Waals surface area contributed by atoms with Gasteiger partial charge in [0.2, 0.25) is 5.79 Å². The molecule has 6 rings (SSSR count). The number of methoxy groups -OCH3 is 1. The van der Waals surface area contributed by atoms with E-state index in [4.69, 9.17) is 45.2 Å². The van der Waals surface area contributed by atoms with Gasteiger partial charge in [0.05, 0.1) is 19.6 Å². The highest BCUT2D eigenvalue weighted by atomic mass is 16.6. The zero-order valence-corrected chi connectivity index (χ0v) is 39.4. The van der Waals surface area contributed by atoms with Gasteiger partial charge in [-0.15, -0.1) is 0 Å². The number of rotatable bonds is 14. The second-order valence-corrected chi connectivity index (χ2v) is 15.1. The topological polar surface area (TPSA) is 393 Å². The van der Waals surface area contributed by atoms with Crippen LogP contribution in [0.15, 0.2) is 140 Å². The molecule has 1 fully saturated rings. The van der Waals surface area contributed by atoms with Gasteiger partial charge in [-0.3, -0.25) is 4.79 Å². The molecule has 0 bridgehead atoms. The van der Waals surface area contributed by atoms with Crippen molar-refractivity contribution in [3.8, 4) is 40.2 Å². The normalized spacial score (nSPS) is 16.7. The maximum atomic E-state index is 11.9. The molecule has 1 aliphatic carbocycles. The standard InChI is InChI=1S/C16H18O9.C10H10O4.C9H8O4.C9H8O3.C9H8O2/c17-8-24-16(23)6-12(20)15(22)13(7-16)25-14(21)4-2-9-1-3-10(18)11(19)5-9;1-14-9-6-7(2-4-8(9)11)3-5-10(12)13;10-7-3-1-6(5-8(7)11)2-4-9(12)13;10-8-4-1-7(2-5-8)3-6-9(11)12;10-9(11)7-6-8-4-2-1-3-5-8/h1-5,8,12-13,15,18-20,22-23H,6-7H2;2-6,11H,1H3,(H,12,13);1-5,10-11H,(H,12,13);1-6,10H,(H,11,12);1-7H,(H,10,11)/b4-2+;5-3+;4-2+;6-3+;7-6+. The lowest BCUT2D eigenvalue weighted by Gasteiger charge is -2.39. The number of aliphatic carboxylic acids is 4. The molecule has 0 radical (unpaired) electrons. The lowest BCUT2D eigenvalue weighted by atomic mass is 9.87. The first-order chi connectivity index (χ1) is 35.4. The van der Waals surface area contributed by atoms with Gasteiger partial charge in [0, 0.05) is 36.8 Å². The van der Waals surface area contributed by atoms with E-state index in [0.717, 1.165) is 41.5 Å². The predicted molar refractivity (Wildman–Crippen MR) is 268 cm³/mol. The van der Waals surface area contributed by atoms with E-state index in [9.17, 15) is 59.4 Å². The number of hydrogen-bond donors (Lipinski definition) is 13. The van der Waals surface area contributed by atoms with Crippen LogP contribution >= 0.6 is 0 Å². The van der Waals surface area contributed by atoms with Gasteiger partial charge in [0.25, 0.3) is 6.47 Å². The van der Waals surface area contributed by atoms with Crippen LogP contribution in [0.25, 0.3) is 30.4 Å². The number of carboxylic acids is 4. The van der Waals surface area contributed by atoms with Gasteiger partial charge in [0.1, 0.15) is 18.0 Å². The number of phenolic OH excluding ortho intramolecular Hbond substituents is 6. The van der Waals surface area contributed by atoms with Gasteiger partial charge in [-0.1, -0.05) is 60.7 Å². The summed E-state index contributed by atoms with van der Waals surface area (Å²) in [6.45, 7) is 0.000496. The SMILES string of the molecule is COc1cc(/C=C/C(=O)O)ccc1O.O=C(O)/C=C/c1ccc(O)c(O)c1.O=C(O)/C=C/c1ccc(O)cc1.O=C(O)/C=C/c1ccccc1.O=COC1(O)CC(O)C(O)C(OC(=O)/C=C/c2ccc(O)c(O)c2)C1. The third kappa shape index (κ3) is 24.7. The molecule has 1 aliphatic rings. The van der Waals surface area contributed by atoms with E-state index in [1.165, 1.54) is 86.0 Å². The maximum Gasteiger partial charge on any atom is 0.331 e. The van der Waals surface area contributed by atoms with Gasteiger partial charge in [-0.2, -0.15) is 0 Å². The molecule has 0 saturated heterocycles. The molecule has 5 aromatic carbocycles. The molecule has 4 unspecified atom stereocenters.